The van der Waals surface area contributed by atoms with Gasteiger partial charge in [-0.3, -0.25) is 9.69 Å². The van der Waals surface area contributed by atoms with E-state index in [2.05, 4.69) is 12.2 Å². The van der Waals surface area contributed by atoms with Crippen LogP contribution in [-0.2, 0) is 17.5 Å². The van der Waals surface area contributed by atoms with Crippen molar-refractivity contribution in [3.63, 3.8) is 0 Å². The SMILES string of the molecule is CCCCC1CCC2(CC1)CN(c1ccc(C(F)(F)F)cc1)C(=O)N2Cc1ccc(C(=O)NCC(O)C(=O)O)cc1. The average Bonchev–Trinajstić information content (AvgIpc) is 3.21. The number of hydrogen-bond donors (Lipinski definition) is 3. The Hall–Kier alpha value is -3.60. The van der Waals surface area contributed by atoms with Crippen LogP contribution in [0.5, 0.6) is 0 Å². The first kappa shape index (κ1) is 30.4. The van der Waals surface area contributed by atoms with Gasteiger partial charge in [-0.2, -0.15) is 13.2 Å². The van der Waals surface area contributed by atoms with Crippen LogP contribution in [0.2, 0.25) is 0 Å². The Morgan fingerprint density at radius 1 is 1.07 bits per heavy atom. The Labute approximate surface area is 237 Å². The molecular weight excluding hydrogens is 539 g/mol. The zero-order valence-electron chi connectivity index (χ0n) is 23.0. The average molecular weight is 576 g/mol. The molecule has 1 saturated heterocycles. The summed E-state index contributed by atoms with van der Waals surface area (Å²) < 4.78 is 39.4. The first-order valence-electron chi connectivity index (χ1n) is 14.0. The first-order chi connectivity index (χ1) is 19.4. The Kier molecular flexibility index (Phi) is 9.26. The number of carbonyl (C=O) groups is 3. The van der Waals surface area contributed by atoms with Gasteiger partial charge in [-0.15, -0.1) is 0 Å². The molecule has 0 radical (unpaired) electrons. The number of halogens is 3. The van der Waals surface area contributed by atoms with E-state index >= 15 is 0 Å². The number of aliphatic hydroxyl groups is 1. The van der Waals surface area contributed by atoms with Crippen molar-refractivity contribution in [3.05, 3.63) is 65.2 Å². The Morgan fingerprint density at radius 2 is 1.71 bits per heavy atom. The predicted octanol–water partition coefficient (Wildman–Crippen LogP) is 5.44. The van der Waals surface area contributed by atoms with Crippen LogP contribution in [-0.4, -0.2) is 57.8 Å². The molecule has 11 heteroatoms. The van der Waals surface area contributed by atoms with Crippen molar-refractivity contribution in [1.82, 2.24) is 10.2 Å². The van der Waals surface area contributed by atoms with Gasteiger partial charge in [0.05, 0.1) is 24.2 Å². The van der Waals surface area contributed by atoms with Crippen molar-refractivity contribution in [3.8, 4) is 0 Å². The van der Waals surface area contributed by atoms with Gasteiger partial charge >= 0.3 is 18.2 Å². The minimum absolute atomic E-state index is 0.263. The number of carboxylic acids is 1. The van der Waals surface area contributed by atoms with E-state index in [-0.39, 0.29) is 18.1 Å². The quantitative estimate of drug-likeness (QED) is 0.350. The van der Waals surface area contributed by atoms with E-state index in [1.807, 2.05) is 4.90 Å². The summed E-state index contributed by atoms with van der Waals surface area (Å²) in [5.74, 6) is -1.38. The third-order valence-corrected chi connectivity index (χ3v) is 8.29. The third-order valence-electron chi connectivity index (χ3n) is 8.29. The molecule has 1 atom stereocenters. The number of amides is 3. The minimum atomic E-state index is -4.46. The molecule has 1 unspecified atom stereocenters. The number of carboxylic acid groups (broad SMARTS) is 1. The fourth-order valence-electron chi connectivity index (χ4n) is 5.81. The van der Waals surface area contributed by atoms with Gasteiger partial charge in [0.25, 0.3) is 5.91 Å². The molecule has 41 heavy (non-hydrogen) atoms. The molecule has 4 rings (SSSR count). The second-order valence-electron chi connectivity index (χ2n) is 11.1. The highest BCUT2D eigenvalue weighted by molar-refractivity contribution is 5.96. The Bertz CT molecular complexity index is 1230. The molecule has 1 saturated carbocycles. The maximum absolute atomic E-state index is 13.8. The summed E-state index contributed by atoms with van der Waals surface area (Å²) in [6.45, 7) is 2.40. The molecule has 1 aliphatic carbocycles. The number of rotatable bonds is 10. The van der Waals surface area contributed by atoms with Crippen LogP contribution in [0, 0.1) is 5.92 Å². The molecular formula is C30H36F3N3O5. The van der Waals surface area contributed by atoms with Crippen LogP contribution in [0.4, 0.5) is 23.7 Å². The van der Waals surface area contributed by atoms with Gasteiger partial charge in [0, 0.05) is 17.8 Å². The lowest BCUT2D eigenvalue weighted by Crippen LogP contribution is -2.49. The number of hydrogen-bond acceptors (Lipinski definition) is 4. The summed E-state index contributed by atoms with van der Waals surface area (Å²) in [5, 5.41) is 20.5. The summed E-state index contributed by atoms with van der Waals surface area (Å²) in [5.41, 5.74) is 0.260. The first-order valence-corrected chi connectivity index (χ1v) is 14.0. The molecule has 0 bridgehead atoms. The van der Waals surface area contributed by atoms with E-state index in [4.69, 9.17) is 5.11 Å². The number of carbonyl (C=O) groups excluding carboxylic acids is 2. The predicted molar refractivity (Wildman–Crippen MR) is 146 cm³/mol. The van der Waals surface area contributed by atoms with Gasteiger partial charge < -0.3 is 20.4 Å². The standard InChI is InChI=1S/C30H36F3N3O5/c1-2-3-4-20-13-15-29(16-14-20)19-35(24-11-9-23(10-12-24)30(31,32)33)28(41)36(29)18-21-5-7-22(8-6-21)26(38)34-17-25(37)27(39)40/h5-12,20,25,37H,2-4,13-19H2,1H3,(H,34,38)(H,39,40). The molecule has 8 nitrogen and oxygen atoms in total. The molecule has 2 aromatic carbocycles. The van der Waals surface area contributed by atoms with Crippen molar-refractivity contribution in [2.45, 2.75) is 76.2 Å². The summed E-state index contributed by atoms with van der Waals surface area (Å²) >= 11 is 0. The fraction of sp³-hybridized carbons (Fsp3) is 0.500. The van der Waals surface area contributed by atoms with Crippen molar-refractivity contribution < 1.29 is 37.8 Å². The molecule has 2 fully saturated rings. The lowest BCUT2D eigenvalue weighted by molar-refractivity contribution is -0.146. The van der Waals surface area contributed by atoms with Gasteiger partial charge in [-0.1, -0.05) is 38.3 Å². The van der Waals surface area contributed by atoms with Crippen LogP contribution in [0.3, 0.4) is 0 Å². The highest BCUT2D eigenvalue weighted by atomic mass is 19.4. The maximum atomic E-state index is 13.8. The van der Waals surface area contributed by atoms with Crippen LogP contribution in [0.25, 0.3) is 0 Å². The van der Waals surface area contributed by atoms with Crippen molar-refractivity contribution in [2.75, 3.05) is 18.0 Å². The van der Waals surface area contributed by atoms with E-state index in [1.54, 1.807) is 29.2 Å². The number of aliphatic carboxylic acids is 1. The molecule has 1 heterocycles. The number of anilines is 1. The normalized spacial score (nSPS) is 21.8. The van der Waals surface area contributed by atoms with Crippen LogP contribution in [0.1, 0.15) is 73.4 Å². The van der Waals surface area contributed by atoms with Gasteiger partial charge in [-0.05, 0) is 73.6 Å². The van der Waals surface area contributed by atoms with Gasteiger partial charge in [0.2, 0.25) is 0 Å². The lowest BCUT2D eigenvalue weighted by atomic mass is 9.74. The zero-order chi connectivity index (χ0) is 29.8. The highest BCUT2D eigenvalue weighted by Gasteiger charge is 2.51. The molecule has 3 amide bonds. The number of unbranched alkanes of at least 4 members (excludes halogenated alkanes) is 1. The monoisotopic (exact) mass is 575 g/mol. The van der Waals surface area contributed by atoms with Gasteiger partial charge in [0.1, 0.15) is 0 Å². The number of alkyl halides is 3. The van der Waals surface area contributed by atoms with Gasteiger partial charge in [-0.25, -0.2) is 9.59 Å². The van der Waals surface area contributed by atoms with E-state index in [1.165, 1.54) is 12.1 Å². The number of benzene rings is 2. The van der Waals surface area contributed by atoms with E-state index in [0.717, 1.165) is 62.6 Å². The van der Waals surface area contributed by atoms with Crippen LogP contribution < -0.4 is 10.2 Å². The van der Waals surface area contributed by atoms with E-state index in [9.17, 15) is 32.7 Å². The molecule has 0 aromatic heterocycles. The highest BCUT2D eigenvalue weighted by Crippen LogP contribution is 2.45. The smallest absolute Gasteiger partial charge is 0.416 e. The third kappa shape index (κ3) is 7.01. The lowest BCUT2D eigenvalue weighted by Gasteiger charge is -2.42. The zero-order valence-corrected chi connectivity index (χ0v) is 23.0. The molecule has 2 aromatic rings. The van der Waals surface area contributed by atoms with Crippen LogP contribution in [0.15, 0.2) is 48.5 Å². The summed E-state index contributed by atoms with van der Waals surface area (Å²) in [6, 6.07) is 11.0. The van der Waals surface area contributed by atoms with E-state index in [0.29, 0.717) is 18.2 Å². The van der Waals surface area contributed by atoms with Crippen LogP contribution >= 0.6 is 0 Å². The summed E-state index contributed by atoms with van der Waals surface area (Å²) in [6.07, 6.45) is 0.827. The van der Waals surface area contributed by atoms with Crippen molar-refractivity contribution >= 4 is 23.6 Å². The minimum Gasteiger partial charge on any atom is -0.479 e. The number of aliphatic hydroxyl groups excluding tert-OH is 1. The molecule has 2 aliphatic rings. The topological polar surface area (TPSA) is 110 Å². The number of urea groups is 1. The Morgan fingerprint density at radius 3 is 2.27 bits per heavy atom. The Balaban J connectivity index is 1.52. The largest absolute Gasteiger partial charge is 0.479 e. The van der Waals surface area contributed by atoms with Crippen molar-refractivity contribution in [2.24, 2.45) is 5.92 Å². The molecule has 1 aliphatic heterocycles. The summed E-state index contributed by atoms with van der Waals surface area (Å²) in [4.78, 5) is 40.3. The maximum Gasteiger partial charge on any atom is 0.416 e. The van der Waals surface area contributed by atoms with Crippen molar-refractivity contribution in [1.29, 1.82) is 0 Å². The second kappa shape index (κ2) is 12.5. The van der Waals surface area contributed by atoms with E-state index < -0.39 is 41.8 Å². The molecule has 222 valence electrons. The number of nitrogens with zero attached hydrogens (tertiary/aromatic N) is 2. The second-order valence-corrected chi connectivity index (χ2v) is 11.1. The molecule has 3 N–H and O–H groups in total. The summed E-state index contributed by atoms with van der Waals surface area (Å²) in [7, 11) is 0. The molecule has 1 spiro atoms. The number of nitrogens with one attached hydrogen (secondary N) is 1. The fourth-order valence-corrected chi connectivity index (χ4v) is 5.81. The van der Waals surface area contributed by atoms with Gasteiger partial charge in [0.15, 0.2) is 6.10 Å².